The molecule has 0 radical (unpaired) electrons. The standard InChI is InChI=1S/C22H19FN2O2S/c23-18-7-2-1-6-17(18)19-10-11-20(28-19)22(27)24-13-14-4-3-5-16(12-14)25-21(26)15-8-9-15/h1-7,10-12,15H,8-9,13H2,(H,24,27)(H,25,26). The lowest BCUT2D eigenvalue weighted by Crippen LogP contribution is -2.22. The lowest BCUT2D eigenvalue weighted by molar-refractivity contribution is -0.117. The van der Waals surface area contributed by atoms with Crippen LogP contribution in [-0.2, 0) is 11.3 Å². The minimum absolute atomic E-state index is 0.0560. The lowest BCUT2D eigenvalue weighted by atomic mass is 10.2. The highest BCUT2D eigenvalue weighted by Crippen LogP contribution is 2.31. The Balaban J connectivity index is 1.38. The molecule has 2 aromatic carbocycles. The van der Waals surface area contributed by atoms with Crippen molar-refractivity contribution in [3.63, 3.8) is 0 Å². The number of anilines is 1. The monoisotopic (exact) mass is 394 g/mol. The van der Waals surface area contributed by atoms with Crippen LogP contribution in [0.2, 0.25) is 0 Å². The van der Waals surface area contributed by atoms with Crippen LogP contribution in [0.1, 0.15) is 28.1 Å². The van der Waals surface area contributed by atoms with Crippen LogP contribution in [0.5, 0.6) is 0 Å². The van der Waals surface area contributed by atoms with Gasteiger partial charge in [0.05, 0.1) is 4.88 Å². The summed E-state index contributed by atoms with van der Waals surface area (Å²) >= 11 is 1.26. The molecule has 0 spiro atoms. The second-order valence-corrected chi connectivity index (χ2v) is 7.87. The Morgan fingerprint density at radius 2 is 1.86 bits per heavy atom. The summed E-state index contributed by atoms with van der Waals surface area (Å²) in [5.41, 5.74) is 2.13. The van der Waals surface area contributed by atoms with E-state index in [0.29, 0.717) is 21.9 Å². The van der Waals surface area contributed by atoms with E-state index in [2.05, 4.69) is 10.6 Å². The first-order valence-electron chi connectivity index (χ1n) is 9.13. The molecule has 6 heteroatoms. The van der Waals surface area contributed by atoms with Crippen LogP contribution in [0.25, 0.3) is 10.4 Å². The molecule has 1 aromatic heterocycles. The lowest BCUT2D eigenvalue weighted by Gasteiger charge is -2.08. The van der Waals surface area contributed by atoms with Crippen molar-refractivity contribution >= 4 is 28.8 Å². The van der Waals surface area contributed by atoms with Gasteiger partial charge in [0.2, 0.25) is 5.91 Å². The molecule has 0 aliphatic heterocycles. The molecule has 1 aliphatic carbocycles. The number of amides is 2. The number of halogens is 1. The van der Waals surface area contributed by atoms with E-state index in [1.165, 1.54) is 17.4 Å². The summed E-state index contributed by atoms with van der Waals surface area (Å²) in [7, 11) is 0. The Bertz CT molecular complexity index is 1030. The summed E-state index contributed by atoms with van der Waals surface area (Å²) in [6, 6.07) is 17.4. The number of hydrogen-bond donors (Lipinski definition) is 2. The van der Waals surface area contributed by atoms with Gasteiger partial charge in [-0.15, -0.1) is 11.3 Å². The Kier molecular flexibility index (Phi) is 5.21. The van der Waals surface area contributed by atoms with Crippen molar-refractivity contribution in [1.82, 2.24) is 5.32 Å². The van der Waals surface area contributed by atoms with Crippen LogP contribution in [0, 0.1) is 11.7 Å². The minimum atomic E-state index is -0.304. The van der Waals surface area contributed by atoms with Crippen LogP contribution in [-0.4, -0.2) is 11.8 Å². The molecular formula is C22H19FN2O2S. The van der Waals surface area contributed by atoms with Crippen molar-refractivity contribution in [2.24, 2.45) is 5.92 Å². The van der Waals surface area contributed by atoms with E-state index >= 15 is 0 Å². The maximum atomic E-state index is 13.9. The third-order valence-corrected chi connectivity index (χ3v) is 5.68. The molecular weight excluding hydrogens is 375 g/mol. The Morgan fingerprint density at radius 1 is 1.04 bits per heavy atom. The van der Waals surface area contributed by atoms with Crippen molar-refractivity contribution < 1.29 is 14.0 Å². The minimum Gasteiger partial charge on any atom is -0.347 e. The second kappa shape index (κ2) is 7.94. The number of carbonyl (C=O) groups excluding carboxylic acids is 2. The fourth-order valence-corrected chi connectivity index (χ4v) is 3.83. The maximum Gasteiger partial charge on any atom is 0.261 e. The molecule has 1 fully saturated rings. The highest BCUT2D eigenvalue weighted by molar-refractivity contribution is 7.17. The average Bonchev–Trinajstić information content (AvgIpc) is 3.44. The molecule has 1 saturated carbocycles. The smallest absolute Gasteiger partial charge is 0.261 e. The van der Waals surface area contributed by atoms with E-state index in [-0.39, 0.29) is 23.5 Å². The summed E-state index contributed by atoms with van der Waals surface area (Å²) in [5, 5.41) is 5.78. The molecule has 0 atom stereocenters. The summed E-state index contributed by atoms with van der Waals surface area (Å²) < 4.78 is 13.9. The molecule has 4 nitrogen and oxygen atoms in total. The van der Waals surface area contributed by atoms with Gasteiger partial charge in [0.25, 0.3) is 5.91 Å². The SMILES string of the molecule is O=C(NCc1cccc(NC(=O)C2CC2)c1)c1ccc(-c2ccccc2F)s1. The zero-order valence-corrected chi connectivity index (χ0v) is 15.9. The van der Waals surface area contributed by atoms with E-state index in [1.807, 2.05) is 24.3 Å². The molecule has 0 unspecified atom stereocenters. The van der Waals surface area contributed by atoms with E-state index in [9.17, 15) is 14.0 Å². The predicted molar refractivity (Wildman–Crippen MR) is 109 cm³/mol. The number of benzene rings is 2. The highest BCUT2D eigenvalue weighted by Gasteiger charge is 2.29. The van der Waals surface area contributed by atoms with E-state index in [0.717, 1.165) is 24.1 Å². The van der Waals surface area contributed by atoms with Crippen molar-refractivity contribution in [2.75, 3.05) is 5.32 Å². The molecule has 0 saturated heterocycles. The van der Waals surface area contributed by atoms with Crippen LogP contribution < -0.4 is 10.6 Å². The van der Waals surface area contributed by atoms with Crippen molar-refractivity contribution in [1.29, 1.82) is 0 Å². The molecule has 2 N–H and O–H groups in total. The molecule has 1 aliphatic rings. The van der Waals surface area contributed by atoms with Gasteiger partial charge in [-0.2, -0.15) is 0 Å². The van der Waals surface area contributed by atoms with Gasteiger partial charge < -0.3 is 10.6 Å². The number of carbonyl (C=O) groups is 2. The number of rotatable bonds is 6. The summed E-state index contributed by atoms with van der Waals surface area (Å²) in [6.45, 7) is 0.346. The first-order chi connectivity index (χ1) is 13.6. The second-order valence-electron chi connectivity index (χ2n) is 6.79. The van der Waals surface area contributed by atoms with Gasteiger partial charge in [0, 0.05) is 28.6 Å². The molecule has 1 heterocycles. The number of thiophene rings is 1. The first-order valence-corrected chi connectivity index (χ1v) is 9.94. The maximum absolute atomic E-state index is 13.9. The quantitative estimate of drug-likeness (QED) is 0.629. The molecule has 2 amide bonds. The van der Waals surface area contributed by atoms with E-state index in [1.54, 1.807) is 30.3 Å². The Labute approximate surface area is 166 Å². The predicted octanol–water partition coefficient (Wildman–Crippen LogP) is 4.83. The van der Waals surface area contributed by atoms with E-state index in [4.69, 9.17) is 0 Å². The molecule has 28 heavy (non-hydrogen) atoms. The summed E-state index contributed by atoms with van der Waals surface area (Å²) in [6.07, 6.45) is 1.91. The molecule has 4 rings (SSSR count). The average molecular weight is 394 g/mol. The fourth-order valence-electron chi connectivity index (χ4n) is 2.88. The van der Waals surface area contributed by atoms with Crippen LogP contribution in [0.3, 0.4) is 0 Å². The fraction of sp³-hybridized carbons (Fsp3) is 0.182. The van der Waals surface area contributed by atoms with E-state index < -0.39 is 0 Å². The van der Waals surface area contributed by atoms with Crippen LogP contribution in [0.15, 0.2) is 60.7 Å². The van der Waals surface area contributed by atoms with Gasteiger partial charge in [0.1, 0.15) is 5.82 Å². The largest absolute Gasteiger partial charge is 0.347 e. The van der Waals surface area contributed by atoms with Gasteiger partial charge in [-0.3, -0.25) is 9.59 Å². The zero-order valence-electron chi connectivity index (χ0n) is 15.1. The topological polar surface area (TPSA) is 58.2 Å². The van der Waals surface area contributed by atoms with Crippen molar-refractivity contribution in [3.8, 4) is 10.4 Å². The van der Waals surface area contributed by atoms with Crippen LogP contribution in [0.4, 0.5) is 10.1 Å². The first kappa shape index (κ1) is 18.4. The number of nitrogens with one attached hydrogen (secondary N) is 2. The Hall–Kier alpha value is -2.99. The zero-order chi connectivity index (χ0) is 19.5. The van der Waals surface area contributed by atoms with Crippen molar-refractivity contribution in [3.05, 3.63) is 76.9 Å². The van der Waals surface area contributed by atoms with Gasteiger partial charge in [-0.05, 0) is 48.7 Å². The highest BCUT2D eigenvalue weighted by atomic mass is 32.1. The van der Waals surface area contributed by atoms with Crippen molar-refractivity contribution in [2.45, 2.75) is 19.4 Å². The summed E-state index contributed by atoms with van der Waals surface area (Å²) in [4.78, 5) is 25.6. The van der Waals surface area contributed by atoms with Gasteiger partial charge in [0.15, 0.2) is 0 Å². The number of hydrogen-bond acceptors (Lipinski definition) is 3. The van der Waals surface area contributed by atoms with Gasteiger partial charge in [-0.1, -0.05) is 30.3 Å². The Morgan fingerprint density at radius 3 is 2.64 bits per heavy atom. The molecule has 142 valence electrons. The normalized spacial score (nSPS) is 13.2. The summed E-state index contributed by atoms with van der Waals surface area (Å²) in [5.74, 6) is -0.312. The third-order valence-electron chi connectivity index (χ3n) is 4.56. The van der Waals surface area contributed by atoms with Gasteiger partial charge >= 0.3 is 0 Å². The van der Waals surface area contributed by atoms with Crippen LogP contribution >= 0.6 is 11.3 Å². The van der Waals surface area contributed by atoms with Gasteiger partial charge in [-0.25, -0.2) is 4.39 Å². The molecule has 0 bridgehead atoms. The third kappa shape index (κ3) is 4.28. The molecule has 3 aromatic rings.